The van der Waals surface area contributed by atoms with Gasteiger partial charge in [-0.05, 0) is 23.8 Å². The van der Waals surface area contributed by atoms with E-state index in [0.717, 1.165) is 5.56 Å². The van der Waals surface area contributed by atoms with Crippen molar-refractivity contribution in [3.05, 3.63) is 65.2 Å². The molecule has 6 heteroatoms. The van der Waals surface area contributed by atoms with E-state index in [0.29, 0.717) is 0 Å². The second-order valence-electron chi connectivity index (χ2n) is 4.69. The first-order valence-corrected chi connectivity index (χ1v) is 6.76. The SMILES string of the molecule is COC(=O)c1ccc(N)cc1C(=O)C(=O)OCc1ccccc1. The van der Waals surface area contributed by atoms with Gasteiger partial charge in [-0.1, -0.05) is 30.3 Å². The lowest BCUT2D eigenvalue weighted by molar-refractivity contribution is -0.139. The number of hydrogen-bond acceptors (Lipinski definition) is 6. The molecule has 6 nitrogen and oxygen atoms in total. The maximum atomic E-state index is 12.2. The predicted octanol–water partition coefficient (Wildman–Crippen LogP) is 1.98. The van der Waals surface area contributed by atoms with E-state index in [1.807, 2.05) is 6.07 Å². The Hall–Kier alpha value is -3.15. The van der Waals surface area contributed by atoms with Crippen LogP contribution in [0.25, 0.3) is 0 Å². The predicted molar refractivity (Wildman–Crippen MR) is 82.8 cm³/mol. The maximum Gasteiger partial charge on any atom is 0.380 e. The summed E-state index contributed by atoms with van der Waals surface area (Å²) < 4.78 is 9.56. The molecule has 0 aliphatic rings. The molecule has 0 aliphatic carbocycles. The van der Waals surface area contributed by atoms with Crippen molar-refractivity contribution in [2.75, 3.05) is 12.8 Å². The highest BCUT2D eigenvalue weighted by atomic mass is 16.5. The number of carbonyl (C=O) groups is 3. The average molecular weight is 313 g/mol. The third kappa shape index (κ3) is 3.94. The molecule has 2 N–H and O–H groups in total. The Morgan fingerprint density at radius 1 is 1.00 bits per heavy atom. The number of nitrogens with two attached hydrogens (primary N) is 1. The summed E-state index contributed by atoms with van der Waals surface area (Å²) >= 11 is 0. The van der Waals surface area contributed by atoms with E-state index >= 15 is 0 Å². The summed E-state index contributed by atoms with van der Waals surface area (Å²) in [6.45, 7) is -0.0404. The van der Waals surface area contributed by atoms with Gasteiger partial charge in [-0.3, -0.25) is 4.79 Å². The Kier molecular flexibility index (Phi) is 5.09. The minimum absolute atomic E-state index is 0.0386. The molecule has 0 atom stereocenters. The summed E-state index contributed by atoms with van der Waals surface area (Å²) in [4.78, 5) is 35.8. The Morgan fingerprint density at radius 2 is 1.70 bits per heavy atom. The first kappa shape index (κ1) is 16.2. The Balaban J connectivity index is 2.17. The van der Waals surface area contributed by atoms with E-state index in [1.165, 1.54) is 25.3 Å². The van der Waals surface area contributed by atoms with Crippen molar-refractivity contribution in [3.63, 3.8) is 0 Å². The molecule has 0 spiro atoms. The largest absolute Gasteiger partial charge is 0.465 e. The van der Waals surface area contributed by atoms with Gasteiger partial charge in [0.25, 0.3) is 5.78 Å². The molecule has 0 saturated heterocycles. The number of nitrogen functional groups attached to an aromatic ring is 1. The van der Waals surface area contributed by atoms with Gasteiger partial charge in [0, 0.05) is 11.3 Å². The number of anilines is 1. The van der Waals surface area contributed by atoms with Gasteiger partial charge < -0.3 is 15.2 Å². The molecule has 118 valence electrons. The Morgan fingerprint density at radius 3 is 2.35 bits per heavy atom. The molecule has 0 unspecified atom stereocenters. The average Bonchev–Trinajstić information content (AvgIpc) is 2.59. The van der Waals surface area contributed by atoms with Crippen molar-refractivity contribution >= 4 is 23.4 Å². The van der Waals surface area contributed by atoms with Crippen molar-refractivity contribution in [2.24, 2.45) is 0 Å². The van der Waals surface area contributed by atoms with Crippen LogP contribution >= 0.6 is 0 Å². The zero-order chi connectivity index (χ0) is 16.8. The van der Waals surface area contributed by atoms with Crippen LogP contribution in [0.5, 0.6) is 0 Å². The smallest absolute Gasteiger partial charge is 0.380 e. The van der Waals surface area contributed by atoms with Crippen molar-refractivity contribution in [1.82, 2.24) is 0 Å². The fraction of sp³-hybridized carbons (Fsp3) is 0.118. The first-order chi connectivity index (χ1) is 11.0. The number of rotatable bonds is 5. The van der Waals surface area contributed by atoms with Crippen LogP contribution in [0.15, 0.2) is 48.5 Å². The van der Waals surface area contributed by atoms with Crippen molar-refractivity contribution in [1.29, 1.82) is 0 Å². The van der Waals surface area contributed by atoms with Crippen LogP contribution in [0.3, 0.4) is 0 Å². The van der Waals surface area contributed by atoms with Crippen molar-refractivity contribution < 1.29 is 23.9 Å². The number of benzene rings is 2. The van der Waals surface area contributed by atoms with Crippen LogP contribution in [0, 0.1) is 0 Å². The fourth-order valence-corrected chi connectivity index (χ4v) is 1.94. The molecule has 0 amide bonds. The minimum Gasteiger partial charge on any atom is -0.465 e. The molecule has 0 bridgehead atoms. The van der Waals surface area contributed by atoms with E-state index in [2.05, 4.69) is 4.74 Å². The fourth-order valence-electron chi connectivity index (χ4n) is 1.94. The molecule has 0 heterocycles. The van der Waals surface area contributed by atoms with Crippen LogP contribution in [-0.2, 0) is 20.9 Å². The van der Waals surface area contributed by atoms with Gasteiger partial charge in [-0.2, -0.15) is 0 Å². The van der Waals surface area contributed by atoms with E-state index in [1.54, 1.807) is 24.3 Å². The number of carbonyl (C=O) groups excluding carboxylic acids is 3. The third-order valence-electron chi connectivity index (χ3n) is 3.09. The second-order valence-corrected chi connectivity index (χ2v) is 4.69. The molecule has 0 radical (unpaired) electrons. The molecule has 0 aromatic heterocycles. The van der Waals surface area contributed by atoms with Gasteiger partial charge in [0.1, 0.15) is 6.61 Å². The van der Waals surface area contributed by atoms with Gasteiger partial charge in [0.05, 0.1) is 12.7 Å². The molecular formula is C17H15NO5. The van der Waals surface area contributed by atoms with Crippen molar-refractivity contribution in [2.45, 2.75) is 6.61 Å². The number of ketones is 1. The minimum atomic E-state index is -1.07. The van der Waals surface area contributed by atoms with Gasteiger partial charge in [-0.25, -0.2) is 9.59 Å². The summed E-state index contributed by atoms with van der Waals surface area (Å²) in [6.07, 6.45) is 0. The molecule has 0 fully saturated rings. The van der Waals surface area contributed by atoms with E-state index in [-0.39, 0.29) is 23.4 Å². The molecule has 2 aromatic carbocycles. The third-order valence-corrected chi connectivity index (χ3v) is 3.09. The number of methoxy groups -OCH3 is 1. The van der Waals surface area contributed by atoms with Crippen molar-refractivity contribution in [3.8, 4) is 0 Å². The summed E-state index contributed by atoms with van der Waals surface area (Å²) in [5, 5.41) is 0. The van der Waals surface area contributed by atoms with Gasteiger partial charge in [0.15, 0.2) is 0 Å². The quantitative estimate of drug-likeness (QED) is 0.392. The number of esters is 2. The highest BCUT2D eigenvalue weighted by molar-refractivity contribution is 6.42. The summed E-state index contributed by atoms with van der Waals surface area (Å²) in [7, 11) is 1.18. The molecule has 2 aromatic rings. The molecular weight excluding hydrogens is 298 g/mol. The lowest BCUT2D eigenvalue weighted by Crippen LogP contribution is -2.21. The van der Waals surface area contributed by atoms with E-state index < -0.39 is 17.7 Å². The lowest BCUT2D eigenvalue weighted by atomic mass is 10.0. The van der Waals surface area contributed by atoms with Gasteiger partial charge >= 0.3 is 11.9 Å². The highest BCUT2D eigenvalue weighted by Gasteiger charge is 2.24. The second kappa shape index (κ2) is 7.22. The zero-order valence-electron chi connectivity index (χ0n) is 12.4. The molecule has 23 heavy (non-hydrogen) atoms. The van der Waals surface area contributed by atoms with Crippen LogP contribution in [0.2, 0.25) is 0 Å². The Labute approximate surface area is 132 Å². The summed E-state index contributed by atoms with van der Waals surface area (Å²) in [6, 6.07) is 13.0. The van der Waals surface area contributed by atoms with Crippen LogP contribution in [0.4, 0.5) is 5.69 Å². The number of Topliss-reactive ketones (excluding diaryl/α,β-unsaturated/α-hetero) is 1. The summed E-state index contributed by atoms with van der Waals surface area (Å²) in [5.74, 6) is -2.75. The normalized spacial score (nSPS) is 9.96. The zero-order valence-corrected chi connectivity index (χ0v) is 12.4. The lowest BCUT2D eigenvalue weighted by Gasteiger charge is -2.08. The molecule has 0 saturated carbocycles. The van der Waals surface area contributed by atoms with E-state index in [4.69, 9.17) is 10.5 Å². The molecule has 0 aliphatic heterocycles. The maximum absolute atomic E-state index is 12.2. The first-order valence-electron chi connectivity index (χ1n) is 6.76. The van der Waals surface area contributed by atoms with Crippen LogP contribution in [-0.4, -0.2) is 24.8 Å². The van der Waals surface area contributed by atoms with Crippen LogP contribution < -0.4 is 5.73 Å². The topological polar surface area (TPSA) is 95.7 Å². The number of hydrogen-bond donors (Lipinski definition) is 1. The standard InChI is InChI=1S/C17H15NO5/c1-22-16(20)13-8-7-12(18)9-14(13)15(19)17(21)23-10-11-5-3-2-4-6-11/h2-9H,10,18H2,1H3. The summed E-state index contributed by atoms with van der Waals surface area (Å²) in [5.41, 5.74) is 6.43. The van der Waals surface area contributed by atoms with Crippen LogP contribution in [0.1, 0.15) is 26.3 Å². The molecule has 2 rings (SSSR count). The van der Waals surface area contributed by atoms with E-state index in [9.17, 15) is 14.4 Å². The highest BCUT2D eigenvalue weighted by Crippen LogP contribution is 2.16. The number of ether oxygens (including phenoxy) is 2. The monoisotopic (exact) mass is 313 g/mol. The van der Waals surface area contributed by atoms with Gasteiger partial charge in [-0.15, -0.1) is 0 Å². The Bertz CT molecular complexity index is 740. The van der Waals surface area contributed by atoms with Gasteiger partial charge in [0.2, 0.25) is 0 Å².